The van der Waals surface area contributed by atoms with Crippen LogP contribution in [0.4, 0.5) is 5.69 Å². The number of rotatable bonds is 4. The van der Waals surface area contributed by atoms with E-state index in [1.54, 1.807) is 18.5 Å². The van der Waals surface area contributed by atoms with Crippen molar-refractivity contribution in [3.63, 3.8) is 0 Å². The zero-order valence-electron chi connectivity index (χ0n) is 9.42. The number of imidazole rings is 1. The van der Waals surface area contributed by atoms with E-state index in [4.69, 9.17) is 18.0 Å². The molecule has 17 heavy (non-hydrogen) atoms. The molecule has 0 aliphatic heterocycles. The number of nitrogens with zero attached hydrogens (tertiary/aromatic N) is 3. The Balaban J connectivity index is 2.00. The van der Waals surface area contributed by atoms with E-state index in [9.17, 15) is 0 Å². The van der Waals surface area contributed by atoms with Crippen molar-refractivity contribution in [2.24, 2.45) is 12.8 Å². The second-order valence-electron chi connectivity index (χ2n) is 3.60. The van der Waals surface area contributed by atoms with Gasteiger partial charge in [-0.1, -0.05) is 12.2 Å². The molecule has 2 heterocycles. The molecule has 0 bridgehead atoms. The van der Waals surface area contributed by atoms with Gasteiger partial charge in [-0.15, -0.1) is 0 Å². The number of pyridine rings is 1. The van der Waals surface area contributed by atoms with Crippen LogP contribution >= 0.6 is 12.2 Å². The minimum Gasteiger partial charge on any atom is -0.388 e. The standard InChI is InChI=1S/C11H13N5S/c1-16-5-4-13-10(16)7-14-8-2-3-9(11(12)17)15-6-8/h2-6,14H,7H2,1H3,(H2,12,17). The third kappa shape index (κ3) is 2.79. The molecule has 0 radical (unpaired) electrons. The first-order valence-corrected chi connectivity index (χ1v) is 5.53. The van der Waals surface area contributed by atoms with Gasteiger partial charge in [0.05, 0.1) is 24.1 Å². The van der Waals surface area contributed by atoms with Crippen molar-refractivity contribution in [2.45, 2.75) is 6.54 Å². The van der Waals surface area contributed by atoms with Crippen LogP contribution in [0.2, 0.25) is 0 Å². The molecule has 6 heteroatoms. The predicted molar refractivity (Wildman–Crippen MR) is 70.7 cm³/mol. The van der Waals surface area contributed by atoms with Gasteiger partial charge in [-0.25, -0.2) is 4.98 Å². The van der Waals surface area contributed by atoms with Crippen LogP contribution < -0.4 is 11.1 Å². The highest BCUT2D eigenvalue weighted by molar-refractivity contribution is 7.80. The van der Waals surface area contributed by atoms with E-state index < -0.39 is 0 Å². The molecule has 0 fully saturated rings. The average molecular weight is 247 g/mol. The summed E-state index contributed by atoms with van der Waals surface area (Å²) < 4.78 is 1.96. The van der Waals surface area contributed by atoms with Crippen LogP contribution in [-0.4, -0.2) is 19.5 Å². The summed E-state index contributed by atoms with van der Waals surface area (Å²) in [5.41, 5.74) is 7.01. The summed E-state index contributed by atoms with van der Waals surface area (Å²) in [5, 5.41) is 3.22. The van der Waals surface area contributed by atoms with E-state index in [1.807, 2.05) is 23.9 Å². The number of aromatic nitrogens is 3. The molecule has 0 aromatic carbocycles. The van der Waals surface area contributed by atoms with Gasteiger partial charge in [-0.3, -0.25) is 4.98 Å². The highest BCUT2D eigenvalue weighted by atomic mass is 32.1. The summed E-state index contributed by atoms with van der Waals surface area (Å²) in [5.74, 6) is 0.962. The van der Waals surface area contributed by atoms with Gasteiger partial charge in [0.25, 0.3) is 0 Å². The zero-order chi connectivity index (χ0) is 12.3. The molecule has 0 unspecified atom stereocenters. The fourth-order valence-corrected chi connectivity index (χ4v) is 1.51. The number of anilines is 1. The Hall–Kier alpha value is -1.95. The third-order valence-corrected chi connectivity index (χ3v) is 2.60. The first kappa shape index (κ1) is 11.5. The van der Waals surface area contributed by atoms with Crippen molar-refractivity contribution in [3.05, 3.63) is 42.2 Å². The molecule has 0 spiro atoms. The molecular weight excluding hydrogens is 234 g/mol. The molecule has 0 atom stereocenters. The lowest BCUT2D eigenvalue weighted by atomic mass is 10.3. The van der Waals surface area contributed by atoms with Crippen LogP contribution in [0.15, 0.2) is 30.7 Å². The van der Waals surface area contributed by atoms with E-state index in [1.165, 1.54) is 0 Å². The van der Waals surface area contributed by atoms with Crippen molar-refractivity contribution in [1.82, 2.24) is 14.5 Å². The molecule has 0 saturated carbocycles. The van der Waals surface area contributed by atoms with Crippen LogP contribution in [0.25, 0.3) is 0 Å². The largest absolute Gasteiger partial charge is 0.388 e. The van der Waals surface area contributed by atoms with Gasteiger partial charge in [0.2, 0.25) is 0 Å². The normalized spacial score (nSPS) is 10.2. The molecule has 5 nitrogen and oxygen atoms in total. The van der Waals surface area contributed by atoms with Gasteiger partial charge in [-0.2, -0.15) is 0 Å². The van der Waals surface area contributed by atoms with Crippen molar-refractivity contribution in [1.29, 1.82) is 0 Å². The minimum absolute atomic E-state index is 0.306. The maximum absolute atomic E-state index is 5.47. The fraction of sp³-hybridized carbons (Fsp3) is 0.182. The van der Waals surface area contributed by atoms with Gasteiger partial charge >= 0.3 is 0 Å². The van der Waals surface area contributed by atoms with Gasteiger partial charge in [0.1, 0.15) is 10.8 Å². The van der Waals surface area contributed by atoms with Gasteiger partial charge in [-0.05, 0) is 12.1 Å². The molecule has 0 aliphatic rings. The van der Waals surface area contributed by atoms with Crippen molar-refractivity contribution in [2.75, 3.05) is 5.32 Å². The van der Waals surface area contributed by atoms with E-state index in [0.29, 0.717) is 17.2 Å². The maximum Gasteiger partial charge on any atom is 0.127 e. The predicted octanol–water partition coefficient (Wildman–Crippen LogP) is 1.06. The number of thiocarbonyl (C=S) groups is 1. The third-order valence-electron chi connectivity index (χ3n) is 2.39. The highest BCUT2D eigenvalue weighted by Crippen LogP contribution is 2.07. The van der Waals surface area contributed by atoms with Crippen LogP contribution in [-0.2, 0) is 13.6 Å². The van der Waals surface area contributed by atoms with Crippen molar-refractivity contribution in [3.8, 4) is 0 Å². The maximum atomic E-state index is 5.47. The minimum atomic E-state index is 0.306. The Morgan fingerprint density at radius 1 is 1.47 bits per heavy atom. The summed E-state index contributed by atoms with van der Waals surface area (Å²) in [6.45, 7) is 0.650. The topological polar surface area (TPSA) is 68.8 Å². The molecule has 0 saturated heterocycles. The quantitative estimate of drug-likeness (QED) is 0.791. The Bertz CT molecular complexity index is 517. The summed E-state index contributed by atoms with van der Waals surface area (Å²) in [6, 6.07) is 3.69. The SMILES string of the molecule is Cn1ccnc1CNc1ccc(C(N)=S)nc1. The number of aryl methyl sites for hydroxylation is 1. The van der Waals surface area contributed by atoms with Crippen LogP contribution in [0.1, 0.15) is 11.5 Å². The molecule has 2 aromatic rings. The van der Waals surface area contributed by atoms with E-state index in [0.717, 1.165) is 11.5 Å². The average Bonchev–Trinajstić information content (AvgIpc) is 2.73. The molecule has 3 N–H and O–H groups in total. The summed E-state index contributed by atoms with van der Waals surface area (Å²) in [7, 11) is 1.96. The highest BCUT2D eigenvalue weighted by Gasteiger charge is 2.00. The molecule has 0 aliphatic carbocycles. The van der Waals surface area contributed by atoms with Crippen LogP contribution in [0.3, 0.4) is 0 Å². The van der Waals surface area contributed by atoms with Crippen LogP contribution in [0.5, 0.6) is 0 Å². The smallest absolute Gasteiger partial charge is 0.127 e. The Labute approximate surface area is 105 Å². The van der Waals surface area contributed by atoms with Crippen LogP contribution in [0, 0.1) is 0 Å². The Morgan fingerprint density at radius 3 is 2.82 bits per heavy atom. The summed E-state index contributed by atoms with van der Waals surface area (Å²) >= 11 is 4.83. The lowest BCUT2D eigenvalue weighted by Crippen LogP contribution is -2.11. The summed E-state index contributed by atoms with van der Waals surface area (Å²) in [6.07, 6.45) is 5.38. The van der Waals surface area contributed by atoms with E-state index in [-0.39, 0.29) is 0 Å². The second-order valence-corrected chi connectivity index (χ2v) is 4.04. The Morgan fingerprint density at radius 2 is 2.29 bits per heavy atom. The molecule has 2 rings (SSSR count). The van der Waals surface area contributed by atoms with E-state index >= 15 is 0 Å². The lowest BCUT2D eigenvalue weighted by molar-refractivity contribution is 0.812. The molecule has 0 amide bonds. The summed E-state index contributed by atoms with van der Waals surface area (Å²) in [4.78, 5) is 8.67. The molecule has 2 aromatic heterocycles. The van der Waals surface area contributed by atoms with E-state index in [2.05, 4.69) is 15.3 Å². The molecular formula is C11H13N5S. The number of hydrogen-bond acceptors (Lipinski definition) is 4. The zero-order valence-corrected chi connectivity index (χ0v) is 10.2. The lowest BCUT2D eigenvalue weighted by Gasteiger charge is -2.06. The number of nitrogens with one attached hydrogen (secondary N) is 1. The van der Waals surface area contributed by atoms with Gasteiger partial charge in [0.15, 0.2) is 0 Å². The van der Waals surface area contributed by atoms with Crippen molar-refractivity contribution >= 4 is 22.9 Å². The van der Waals surface area contributed by atoms with Gasteiger partial charge in [0, 0.05) is 19.4 Å². The molecule has 88 valence electrons. The first-order chi connectivity index (χ1) is 8.16. The Kier molecular flexibility index (Phi) is 3.34. The van der Waals surface area contributed by atoms with Crippen molar-refractivity contribution < 1.29 is 0 Å². The fourth-order valence-electron chi connectivity index (χ4n) is 1.39. The second kappa shape index (κ2) is 4.92. The van der Waals surface area contributed by atoms with Gasteiger partial charge < -0.3 is 15.6 Å². The number of nitrogens with two attached hydrogens (primary N) is 1. The number of hydrogen-bond donors (Lipinski definition) is 2. The monoisotopic (exact) mass is 247 g/mol. The first-order valence-electron chi connectivity index (χ1n) is 5.13.